The van der Waals surface area contributed by atoms with E-state index in [2.05, 4.69) is 5.32 Å². The molecule has 5 heteroatoms. The minimum atomic E-state index is -0.342. The number of fused-ring (bicyclic) bond motifs is 1. The lowest BCUT2D eigenvalue weighted by Crippen LogP contribution is -2.50. The smallest absolute Gasteiger partial charge is 0.254 e. The first-order valence-electron chi connectivity index (χ1n) is 10.5. The van der Waals surface area contributed by atoms with Crippen LogP contribution in [0.15, 0.2) is 24.3 Å². The molecule has 1 saturated heterocycles. The van der Waals surface area contributed by atoms with Crippen molar-refractivity contribution in [1.82, 2.24) is 10.2 Å². The summed E-state index contributed by atoms with van der Waals surface area (Å²) in [5, 5.41) is 3.72. The first-order chi connectivity index (χ1) is 13.1. The zero-order valence-electron chi connectivity index (χ0n) is 15.8. The molecule has 3 fully saturated rings. The Bertz CT molecular complexity index is 701. The minimum Gasteiger partial charge on any atom is -0.354 e. The maximum atomic E-state index is 13.3. The lowest BCUT2D eigenvalue weighted by atomic mass is 9.84. The molecule has 1 aromatic carbocycles. The van der Waals surface area contributed by atoms with Crippen molar-refractivity contribution in [3.8, 4) is 0 Å². The van der Waals surface area contributed by atoms with E-state index in [9.17, 15) is 9.59 Å². The van der Waals surface area contributed by atoms with Crippen molar-refractivity contribution in [2.24, 2.45) is 11.8 Å². The monoisotopic (exact) mass is 388 g/mol. The summed E-state index contributed by atoms with van der Waals surface area (Å²) in [4.78, 5) is 28.2. The van der Waals surface area contributed by atoms with Crippen LogP contribution in [0, 0.1) is 11.8 Å². The molecule has 1 aliphatic heterocycles. The molecule has 2 amide bonds. The van der Waals surface area contributed by atoms with Gasteiger partial charge in [-0.25, -0.2) is 0 Å². The maximum Gasteiger partial charge on any atom is 0.254 e. The van der Waals surface area contributed by atoms with Crippen LogP contribution in [0.3, 0.4) is 0 Å². The summed E-state index contributed by atoms with van der Waals surface area (Å²) >= 11 is 6.10. The zero-order valence-corrected chi connectivity index (χ0v) is 16.6. The first kappa shape index (κ1) is 18.8. The number of hydrogen-bond acceptors (Lipinski definition) is 2. The van der Waals surface area contributed by atoms with Gasteiger partial charge in [-0.1, -0.05) is 43.4 Å². The second-order valence-corrected chi connectivity index (χ2v) is 8.92. The Labute approximate surface area is 166 Å². The summed E-state index contributed by atoms with van der Waals surface area (Å²) in [6.45, 7) is 0.754. The van der Waals surface area contributed by atoms with Crippen molar-refractivity contribution in [1.29, 1.82) is 0 Å². The summed E-state index contributed by atoms with van der Waals surface area (Å²) in [5.41, 5.74) is 0.585. The minimum absolute atomic E-state index is 0.0340. The normalized spacial score (nSPS) is 28.2. The predicted molar refractivity (Wildman–Crippen MR) is 107 cm³/mol. The van der Waals surface area contributed by atoms with Crippen molar-refractivity contribution >= 4 is 23.4 Å². The third-order valence-electron chi connectivity index (χ3n) is 6.74. The zero-order chi connectivity index (χ0) is 18.8. The highest BCUT2D eigenvalue weighted by Gasteiger charge is 2.47. The van der Waals surface area contributed by atoms with E-state index >= 15 is 0 Å². The van der Waals surface area contributed by atoms with E-state index in [0.29, 0.717) is 22.4 Å². The number of nitrogens with zero attached hydrogens (tertiary/aromatic N) is 1. The molecule has 4 nitrogen and oxygen atoms in total. The van der Waals surface area contributed by atoms with Crippen molar-refractivity contribution < 1.29 is 9.59 Å². The molecule has 0 bridgehead atoms. The molecule has 3 aliphatic rings. The van der Waals surface area contributed by atoms with Gasteiger partial charge in [0.25, 0.3) is 5.91 Å². The molecule has 1 aromatic rings. The van der Waals surface area contributed by atoms with Crippen LogP contribution in [0.2, 0.25) is 5.02 Å². The number of carbonyl (C=O) groups is 2. The number of halogens is 1. The predicted octanol–water partition coefficient (Wildman–Crippen LogP) is 4.42. The summed E-state index contributed by atoms with van der Waals surface area (Å²) in [5.74, 6) is 1.04. The summed E-state index contributed by atoms with van der Waals surface area (Å²) < 4.78 is 0. The van der Waals surface area contributed by atoms with Crippen LogP contribution in [-0.2, 0) is 4.79 Å². The molecule has 0 aromatic heterocycles. The standard InChI is InChI=1S/C22H29ClN2O2/c23-18-10-5-9-17(12-18)22(27)25-19-11-4-3-8-16(19)13-20(25)21(26)24-14-15-6-1-2-7-15/h5,9-10,12,15-16,19-20H,1-4,6-8,11,13-14H2,(H,24,26)/t16-,19-,20-/m0/s1. The number of carbonyl (C=O) groups excluding carboxylic acids is 2. The van der Waals surface area contributed by atoms with Crippen molar-refractivity contribution in [2.45, 2.75) is 69.9 Å². The molecule has 0 spiro atoms. The third kappa shape index (κ3) is 4.01. The number of rotatable bonds is 4. The van der Waals surface area contributed by atoms with Gasteiger partial charge in [0.05, 0.1) is 0 Å². The number of nitrogens with one attached hydrogen (secondary N) is 1. The van der Waals surface area contributed by atoms with Crippen LogP contribution in [-0.4, -0.2) is 35.3 Å². The SMILES string of the molecule is O=C(NCC1CCCC1)[C@@H]1C[C@@H]2CCCC[C@@H]2N1C(=O)c1cccc(Cl)c1. The second-order valence-electron chi connectivity index (χ2n) is 8.48. The van der Waals surface area contributed by atoms with Crippen LogP contribution in [0.1, 0.15) is 68.1 Å². The molecule has 1 heterocycles. The topological polar surface area (TPSA) is 49.4 Å². The number of likely N-dealkylation sites (tertiary alicyclic amines) is 1. The highest BCUT2D eigenvalue weighted by Crippen LogP contribution is 2.40. The van der Waals surface area contributed by atoms with Crippen molar-refractivity contribution in [2.75, 3.05) is 6.54 Å². The summed E-state index contributed by atoms with van der Waals surface area (Å²) in [7, 11) is 0. The molecule has 4 rings (SSSR count). The maximum absolute atomic E-state index is 13.3. The third-order valence-corrected chi connectivity index (χ3v) is 6.97. The Morgan fingerprint density at radius 3 is 2.59 bits per heavy atom. The van der Waals surface area contributed by atoms with Gasteiger partial charge in [-0.05, 0) is 62.1 Å². The van der Waals surface area contributed by atoms with Gasteiger partial charge in [-0.2, -0.15) is 0 Å². The molecular weight excluding hydrogens is 360 g/mol. The highest BCUT2D eigenvalue weighted by molar-refractivity contribution is 6.31. The molecule has 146 valence electrons. The molecule has 2 aliphatic carbocycles. The lowest BCUT2D eigenvalue weighted by Gasteiger charge is -2.33. The van der Waals surface area contributed by atoms with Gasteiger partial charge in [0.1, 0.15) is 6.04 Å². The van der Waals surface area contributed by atoms with Crippen LogP contribution in [0.5, 0.6) is 0 Å². The molecule has 1 N–H and O–H groups in total. The second kappa shape index (κ2) is 8.22. The molecule has 0 unspecified atom stereocenters. The van der Waals surface area contributed by atoms with Crippen LogP contribution >= 0.6 is 11.6 Å². The van der Waals surface area contributed by atoms with E-state index in [0.717, 1.165) is 32.2 Å². The van der Waals surface area contributed by atoms with Gasteiger partial charge in [-0.3, -0.25) is 9.59 Å². The van der Waals surface area contributed by atoms with E-state index < -0.39 is 0 Å². The van der Waals surface area contributed by atoms with E-state index in [4.69, 9.17) is 11.6 Å². The fraction of sp³-hybridized carbons (Fsp3) is 0.636. The van der Waals surface area contributed by atoms with Gasteiger partial charge in [0, 0.05) is 23.2 Å². The van der Waals surface area contributed by atoms with E-state index in [1.807, 2.05) is 4.90 Å². The average Bonchev–Trinajstić information content (AvgIpc) is 3.33. The summed E-state index contributed by atoms with van der Waals surface area (Å²) in [6.07, 6.45) is 10.2. The fourth-order valence-corrected chi connectivity index (χ4v) is 5.52. The quantitative estimate of drug-likeness (QED) is 0.829. The Morgan fingerprint density at radius 2 is 1.81 bits per heavy atom. The van der Waals surface area contributed by atoms with Crippen molar-refractivity contribution in [3.63, 3.8) is 0 Å². The average molecular weight is 389 g/mol. The van der Waals surface area contributed by atoms with Crippen molar-refractivity contribution in [3.05, 3.63) is 34.9 Å². The van der Waals surface area contributed by atoms with Crippen LogP contribution in [0.4, 0.5) is 0 Å². The largest absolute Gasteiger partial charge is 0.354 e. The molecular formula is C22H29ClN2O2. The molecule has 27 heavy (non-hydrogen) atoms. The number of hydrogen-bond donors (Lipinski definition) is 1. The molecule has 2 saturated carbocycles. The Hall–Kier alpha value is -1.55. The lowest BCUT2D eigenvalue weighted by molar-refractivity contribution is -0.125. The first-order valence-corrected chi connectivity index (χ1v) is 10.9. The summed E-state index contributed by atoms with van der Waals surface area (Å²) in [6, 6.07) is 6.95. The van der Waals surface area contributed by atoms with E-state index in [1.165, 1.54) is 32.1 Å². The van der Waals surface area contributed by atoms with Crippen LogP contribution < -0.4 is 5.32 Å². The van der Waals surface area contributed by atoms with Gasteiger partial charge >= 0.3 is 0 Å². The van der Waals surface area contributed by atoms with Gasteiger partial charge < -0.3 is 10.2 Å². The van der Waals surface area contributed by atoms with Gasteiger partial charge in [-0.15, -0.1) is 0 Å². The van der Waals surface area contributed by atoms with E-state index in [1.54, 1.807) is 24.3 Å². The Morgan fingerprint density at radius 1 is 1.07 bits per heavy atom. The molecule has 3 atom stereocenters. The Balaban J connectivity index is 1.52. The van der Waals surface area contributed by atoms with Gasteiger partial charge in [0.2, 0.25) is 5.91 Å². The highest BCUT2D eigenvalue weighted by atomic mass is 35.5. The number of amides is 2. The fourth-order valence-electron chi connectivity index (χ4n) is 5.33. The number of benzene rings is 1. The van der Waals surface area contributed by atoms with E-state index in [-0.39, 0.29) is 23.9 Å². The van der Waals surface area contributed by atoms with Gasteiger partial charge in [0.15, 0.2) is 0 Å². The molecule has 0 radical (unpaired) electrons. The Kier molecular flexibility index (Phi) is 5.72. The van der Waals surface area contributed by atoms with Crippen LogP contribution in [0.25, 0.3) is 0 Å².